The quantitative estimate of drug-likeness (QED) is 0.195. The van der Waals surface area contributed by atoms with Crippen LogP contribution < -0.4 is 15.0 Å². The molecular formula is C31H31ClFI2N5O3S. The van der Waals surface area contributed by atoms with Gasteiger partial charge in [0.2, 0.25) is 5.91 Å². The van der Waals surface area contributed by atoms with Gasteiger partial charge in [0.15, 0.2) is 11.6 Å². The number of hydrogen-bond donors (Lipinski definition) is 1. The molecule has 0 radical (unpaired) electrons. The minimum absolute atomic E-state index is 0.0202. The molecule has 44 heavy (non-hydrogen) atoms. The number of imidazole rings is 1. The Bertz CT molecular complexity index is 1600. The van der Waals surface area contributed by atoms with Gasteiger partial charge >= 0.3 is 6.03 Å². The molecule has 1 fully saturated rings. The molecule has 1 aromatic heterocycles. The molecule has 8 nitrogen and oxygen atoms in total. The number of urea groups is 1. The first-order valence-corrected chi connectivity index (χ1v) is 20.1. The third-order valence-corrected chi connectivity index (χ3v) is 7.31. The first kappa shape index (κ1) is 34.5. The Morgan fingerprint density at radius 2 is 1.75 bits per heavy atom. The number of imide groups is 1. The van der Waals surface area contributed by atoms with Crippen LogP contribution in [0.1, 0.15) is 37.0 Å². The molecule has 1 saturated heterocycles. The van der Waals surface area contributed by atoms with E-state index in [1.54, 1.807) is 18.4 Å². The number of nitrogens with one attached hydrogen (secondary N) is 1. The molecule has 0 bridgehead atoms. The lowest BCUT2D eigenvalue weighted by Gasteiger charge is -2.26. The summed E-state index contributed by atoms with van der Waals surface area (Å²) in [6.45, 7) is 6.69. The standard InChI is InChI=1S/C29H25ClFN5O3.C2H6.I2S/c1-34-26(36-12-11-25(37)33-29(36)38)14-32-28(34)19-7-8-20-16-35(17-21(20)13-19)15-18-5-9-22(10-6-18)39-27-23(30)3-2-4-24(27)31;1-2;1-3-2/h2-10,13-14H,11-12,15-17H2,1H3,(H,33,37,38);1-2H3;. The van der Waals surface area contributed by atoms with Crippen LogP contribution in [0.3, 0.4) is 0 Å². The topological polar surface area (TPSA) is 79.7 Å². The molecule has 0 saturated carbocycles. The first-order valence-electron chi connectivity index (χ1n) is 13.8. The number of carbonyl (C=O) groups is 2. The summed E-state index contributed by atoms with van der Waals surface area (Å²) in [5.41, 5.74) is 4.57. The Labute approximate surface area is 289 Å². The van der Waals surface area contributed by atoms with Crippen molar-refractivity contribution in [3.8, 4) is 22.9 Å². The van der Waals surface area contributed by atoms with Crippen molar-refractivity contribution in [1.82, 2.24) is 19.8 Å². The largest absolute Gasteiger partial charge is 0.453 e. The molecule has 4 aromatic rings. The molecule has 3 aromatic carbocycles. The summed E-state index contributed by atoms with van der Waals surface area (Å²) in [6, 6.07) is 17.9. The number of carbonyl (C=O) groups excluding carboxylic acids is 2. The zero-order valence-corrected chi connectivity index (χ0v) is 30.2. The summed E-state index contributed by atoms with van der Waals surface area (Å²) >= 11 is 10.5. The van der Waals surface area contributed by atoms with Gasteiger partial charge in [-0.25, -0.2) is 14.2 Å². The number of benzene rings is 3. The van der Waals surface area contributed by atoms with Crippen LogP contribution in [0.5, 0.6) is 11.5 Å². The van der Waals surface area contributed by atoms with E-state index in [1.165, 1.54) is 28.2 Å². The summed E-state index contributed by atoms with van der Waals surface area (Å²) in [4.78, 5) is 32.3. The van der Waals surface area contributed by atoms with E-state index in [-0.39, 0.29) is 23.1 Å². The number of aromatic nitrogens is 2. The highest BCUT2D eigenvalue weighted by atomic mass is 127. The average Bonchev–Trinajstić information content (AvgIpc) is 3.59. The zero-order chi connectivity index (χ0) is 31.8. The van der Waals surface area contributed by atoms with Gasteiger partial charge in [-0.3, -0.25) is 19.9 Å². The van der Waals surface area contributed by atoms with E-state index in [4.69, 9.17) is 16.3 Å². The van der Waals surface area contributed by atoms with Gasteiger partial charge in [0, 0.05) is 87.6 Å². The number of ether oxygens (including phenoxy) is 1. The Morgan fingerprint density at radius 1 is 1.05 bits per heavy atom. The van der Waals surface area contributed by atoms with Gasteiger partial charge in [0.1, 0.15) is 17.4 Å². The number of anilines is 1. The third-order valence-electron chi connectivity index (χ3n) is 7.01. The van der Waals surface area contributed by atoms with Gasteiger partial charge < -0.3 is 9.30 Å². The lowest BCUT2D eigenvalue weighted by atomic mass is 10.1. The number of hydrogen-bond acceptors (Lipinski definition) is 6. The molecule has 3 heterocycles. The van der Waals surface area contributed by atoms with Crippen molar-refractivity contribution in [2.24, 2.45) is 7.05 Å². The molecule has 0 aliphatic carbocycles. The maximum absolute atomic E-state index is 14.0. The van der Waals surface area contributed by atoms with Crippen molar-refractivity contribution in [3.63, 3.8) is 0 Å². The van der Waals surface area contributed by atoms with Crippen molar-refractivity contribution in [2.75, 3.05) is 11.4 Å². The highest BCUT2D eigenvalue weighted by Crippen LogP contribution is 2.33. The number of rotatable bonds is 6. The third kappa shape index (κ3) is 8.24. The second-order valence-electron chi connectivity index (χ2n) is 9.74. The van der Waals surface area contributed by atoms with Crippen LogP contribution in [0.4, 0.5) is 15.0 Å². The van der Waals surface area contributed by atoms with Gasteiger partial charge in [-0.15, -0.1) is 0 Å². The lowest BCUT2D eigenvalue weighted by Crippen LogP contribution is -2.50. The smallest absolute Gasteiger partial charge is 0.329 e. The number of fused-ring (bicyclic) bond motifs is 1. The summed E-state index contributed by atoms with van der Waals surface area (Å²) < 4.78 is 21.6. The summed E-state index contributed by atoms with van der Waals surface area (Å²) in [6.07, 6.45) is 3.61. The van der Waals surface area contributed by atoms with Crippen LogP contribution in [0.25, 0.3) is 11.4 Å². The molecule has 6 rings (SSSR count). The molecular weight excluding hydrogens is 831 g/mol. The maximum atomic E-state index is 14.0. The van der Waals surface area contributed by atoms with E-state index in [0.717, 1.165) is 36.6 Å². The first-order chi connectivity index (χ1) is 21.3. The van der Waals surface area contributed by atoms with E-state index in [9.17, 15) is 14.0 Å². The summed E-state index contributed by atoms with van der Waals surface area (Å²) in [5.74, 6) is 1.16. The second-order valence-corrected chi connectivity index (χ2v) is 18.0. The Balaban J connectivity index is 0.000000834. The van der Waals surface area contributed by atoms with E-state index in [2.05, 4.69) is 69.7 Å². The van der Waals surface area contributed by atoms with Crippen LogP contribution in [0.15, 0.2) is 66.9 Å². The highest BCUT2D eigenvalue weighted by Gasteiger charge is 2.27. The molecule has 0 unspecified atom stereocenters. The minimum atomic E-state index is -0.504. The SMILES string of the molecule is CC.Cn1c(N2CCC(=O)NC2=O)cnc1-c1ccc2c(c1)CN(Cc1ccc(Oc3c(F)cccc3Cl)cc1)C2.ISI. The van der Waals surface area contributed by atoms with Crippen molar-refractivity contribution in [1.29, 1.82) is 0 Å². The van der Waals surface area contributed by atoms with Gasteiger partial charge in [0.25, 0.3) is 0 Å². The fourth-order valence-corrected chi connectivity index (χ4v) is 5.24. The van der Waals surface area contributed by atoms with Crippen molar-refractivity contribution >= 4 is 77.9 Å². The lowest BCUT2D eigenvalue weighted by molar-refractivity contribution is -0.120. The fourth-order valence-electron chi connectivity index (χ4n) is 5.04. The zero-order valence-electron chi connectivity index (χ0n) is 24.3. The predicted molar refractivity (Wildman–Crippen MR) is 192 cm³/mol. The van der Waals surface area contributed by atoms with E-state index < -0.39 is 11.8 Å². The van der Waals surface area contributed by atoms with Gasteiger partial charge in [-0.2, -0.15) is 0 Å². The molecule has 2 aliphatic rings. The monoisotopic (exact) mass is 861 g/mol. The van der Waals surface area contributed by atoms with Crippen LogP contribution in [-0.2, 0) is 31.5 Å². The number of nitrogens with zero attached hydrogens (tertiary/aromatic N) is 4. The normalized spacial score (nSPS) is 14.2. The molecule has 2 aliphatic heterocycles. The predicted octanol–water partition coefficient (Wildman–Crippen LogP) is 9.08. The minimum Gasteiger partial charge on any atom is -0.453 e. The molecule has 1 N–H and O–H groups in total. The number of halogens is 4. The second kappa shape index (κ2) is 16.2. The van der Waals surface area contributed by atoms with E-state index in [1.807, 2.05) is 55.8 Å². The maximum Gasteiger partial charge on any atom is 0.329 e. The molecule has 0 spiro atoms. The van der Waals surface area contributed by atoms with Gasteiger partial charge in [-0.05, 0) is 53.1 Å². The van der Waals surface area contributed by atoms with E-state index >= 15 is 0 Å². The van der Waals surface area contributed by atoms with Crippen molar-refractivity contribution < 1.29 is 18.7 Å². The Kier molecular flexibility index (Phi) is 12.7. The molecule has 0 atom stereocenters. The Morgan fingerprint density at radius 3 is 2.43 bits per heavy atom. The molecule has 3 amide bonds. The van der Waals surface area contributed by atoms with Gasteiger partial charge in [0.05, 0.1) is 11.2 Å². The fraction of sp³-hybridized carbons (Fsp3) is 0.258. The molecule has 13 heteroatoms. The number of amides is 3. The van der Waals surface area contributed by atoms with Crippen LogP contribution in [0, 0.1) is 5.82 Å². The Hall–Kier alpha value is -2.40. The summed E-state index contributed by atoms with van der Waals surface area (Å²) in [5, 5.41) is 2.58. The highest BCUT2D eigenvalue weighted by molar-refractivity contribution is 14.3. The molecule has 232 valence electrons. The van der Waals surface area contributed by atoms with Crippen LogP contribution in [-0.4, -0.2) is 32.9 Å². The average molecular weight is 862 g/mol. The van der Waals surface area contributed by atoms with Crippen LogP contribution in [0.2, 0.25) is 5.02 Å². The summed E-state index contributed by atoms with van der Waals surface area (Å²) in [7, 11) is 1.87. The van der Waals surface area contributed by atoms with Gasteiger partial charge in [-0.1, -0.05) is 55.8 Å². The van der Waals surface area contributed by atoms with E-state index in [0.29, 0.717) is 18.1 Å². The van der Waals surface area contributed by atoms with Crippen molar-refractivity contribution in [3.05, 3.63) is 94.4 Å². The van der Waals surface area contributed by atoms with Crippen molar-refractivity contribution in [2.45, 2.75) is 39.9 Å². The number of para-hydroxylation sites is 1. The van der Waals surface area contributed by atoms with Crippen LogP contribution >= 0.6 is 60.1 Å².